The predicted molar refractivity (Wildman–Crippen MR) is 226 cm³/mol. The summed E-state index contributed by atoms with van der Waals surface area (Å²) in [6.07, 6.45) is 1.00. The maximum absolute atomic E-state index is 7.64. The first-order valence-corrected chi connectivity index (χ1v) is 22.5. The summed E-state index contributed by atoms with van der Waals surface area (Å²) >= 11 is 0. The maximum atomic E-state index is 7.64. The Kier molecular flexibility index (Phi) is 13.1. The molecule has 5 aromatic rings. The lowest BCUT2D eigenvalue weighted by atomic mass is 9.85. The Labute approximate surface area is 335 Å². The van der Waals surface area contributed by atoms with E-state index in [0.717, 1.165) is 57.1 Å². The van der Waals surface area contributed by atoms with Gasteiger partial charge in [-0.25, -0.2) is 0 Å². The highest BCUT2D eigenvalue weighted by molar-refractivity contribution is 7.69. The van der Waals surface area contributed by atoms with E-state index in [1.54, 1.807) is 0 Å². The molecule has 1 saturated carbocycles. The van der Waals surface area contributed by atoms with E-state index in [4.69, 9.17) is 28.0 Å². The number of ether oxygens (including phenoxy) is 4. The molecule has 2 saturated heterocycles. The van der Waals surface area contributed by atoms with Crippen LogP contribution < -0.4 is 21.2 Å². The summed E-state index contributed by atoms with van der Waals surface area (Å²) in [7, 11) is 4.18. The van der Waals surface area contributed by atoms with Crippen LogP contribution in [0.25, 0.3) is 0 Å². The Balaban J connectivity index is 1.24. The van der Waals surface area contributed by atoms with Crippen molar-refractivity contribution in [2.45, 2.75) is 68.8 Å². The molecule has 0 radical (unpaired) electrons. The van der Waals surface area contributed by atoms with E-state index in [1.807, 2.05) is 30.3 Å². The Bertz CT molecular complexity index is 1840. The number of fused-ring (bicyclic) bond motifs is 1. The summed E-state index contributed by atoms with van der Waals surface area (Å²) in [6.45, 7) is 1.36. The Morgan fingerprint density at radius 2 is 1.04 bits per heavy atom. The highest BCUT2D eigenvalue weighted by Gasteiger charge is 2.54. The summed E-state index contributed by atoms with van der Waals surface area (Å²) < 4.78 is 44.0. The average molecular weight is 791 g/mol. The van der Waals surface area contributed by atoms with Crippen LogP contribution in [-0.2, 0) is 28.0 Å². The summed E-state index contributed by atoms with van der Waals surface area (Å²) in [5.74, 6) is 0.391. The molecule has 2 heterocycles. The summed E-state index contributed by atoms with van der Waals surface area (Å²) in [4.78, 5) is 0. The molecule has 8 atom stereocenters. The van der Waals surface area contributed by atoms with Crippen molar-refractivity contribution < 1.29 is 32.5 Å². The quantitative estimate of drug-likeness (QED) is 0.0892. The van der Waals surface area contributed by atoms with Crippen LogP contribution in [0.15, 0.2) is 152 Å². The molecule has 8 rings (SSSR count). The summed E-state index contributed by atoms with van der Waals surface area (Å²) in [5.41, 5.74) is 0.954. The third-order valence-electron chi connectivity index (χ3n) is 10.7. The molecule has 0 amide bonds. The molecule has 292 valence electrons. The van der Waals surface area contributed by atoms with Crippen LogP contribution in [0.4, 0.5) is 0 Å². The van der Waals surface area contributed by atoms with Crippen molar-refractivity contribution in [3.8, 4) is 0 Å². The SMILES string of the molecule is C[N+](C)(C)CC1CCCCC1OC1OC2COC(c3ccccc3)OC2C(OP(c2ccccc2)c2ccccc2)C1OP(c1ccccc1)c1ccccc1. The lowest BCUT2D eigenvalue weighted by Crippen LogP contribution is -2.64. The van der Waals surface area contributed by atoms with Gasteiger partial charge in [0.2, 0.25) is 0 Å². The number of benzene rings is 5. The molecular weight excluding hydrogens is 736 g/mol. The lowest BCUT2D eigenvalue weighted by molar-refractivity contribution is -0.874. The van der Waals surface area contributed by atoms with Gasteiger partial charge in [-0.2, -0.15) is 0 Å². The Hall–Kier alpha value is -3.32. The van der Waals surface area contributed by atoms with Gasteiger partial charge in [-0.15, -0.1) is 0 Å². The molecule has 3 aliphatic rings. The van der Waals surface area contributed by atoms with E-state index >= 15 is 0 Å². The third-order valence-corrected chi connectivity index (χ3v) is 14.7. The molecule has 8 unspecified atom stereocenters. The van der Waals surface area contributed by atoms with E-state index < -0.39 is 53.3 Å². The van der Waals surface area contributed by atoms with Gasteiger partial charge in [-0.3, -0.25) is 0 Å². The van der Waals surface area contributed by atoms with Crippen molar-refractivity contribution in [2.24, 2.45) is 5.92 Å². The molecule has 3 fully saturated rings. The minimum absolute atomic E-state index is 0.0151. The van der Waals surface area contributed by atoms with Crippen molar-refractivity contribution >= 4 is 37.5 Å². The van der Waals surface area contributed by atoms with E-state index in [-0.39, 0.29) is 6.10 Å². The number of quaternary nitrogens is 1. The van der Waals surface area contributed by atoms with Crippen LogP contribution >= 0.6 is 16.3 Å². The van der Waals surface area contributed by atoms with Crippen molar-refractivity contribution in [3.05, 3.63) is 157 Å². The smallest absolute Gasteiger partial charge is 0.187 e. The molecule has 1 aliphatic carbocycles. The Morgan fingerprint density at radius 1 is 0.571 bits per heavy atom. The maximum Gasteiger partial charge on any atom is 0.187 e. The molecule has 7 nitrogen and oxygen atoms in total. The highest BCUT2D eigenvalue weighted by Crippen LogP contribution is 2.48. The van der Waals surface area contributed by atoms with E-state index in [9.17, 15) is 0 Å². The second-order valence-electron chi connectivity index (χ2n) is 16.0. The molecule has 0 aromatic heterocycles. The fourth-order valence-electron chi connectivity index (χ4n) is 8.14. The van der Waals surface area contributed by atoms with Crippen LogP contribution in [0.5, 0.6) is 0 Å². The zero-order chi connectivity index (χ0) is 38.3. The first kappa shape index (κ1) is 39.5. The van der Waals surface area contributed by atoms with E-state index in [0.29, 0.717) is 12.5 Å². The monoisotopic (exact) mass is 790 g/mol. The van der Waals surface area contributed by atoms with Gasteiger partial charge < -0.3 is 32.5 Å². The molecule has 0 spiro atoms. The minimum atomic E-state index is -1.32. The normalized spacial score (nSPS) is 26.9. The molecule has 0 N–H and O–H groups in total. The van der Waals surface area contributed by atoms with Crippen LogP contribution in [0.1, 0.15) is 37.5 Å². The number of rotatable bonds is 13. The van der Waals surface area contributed by atoms with Gasteiger partial charge in [0.1, 0.15) is 24.4 Å². The highest BCUT2D eigenvalue weighted by atomic mass is 31.1. The van der Waals surface area contributed by atoms with Gasteiger partial charge in [-0.05, 0) is 12.8 Å². The van der Waals surface area contributed by atoms with Crippen LogP contribution in [-0.4, -0.2) is 75.6 Å². The third kappa shape index (κ3) is 9.68. The Morgan fingerprint density at radius 3 is 1.54 bits per heavy atom. The molecule has 9 heteroatoms. The van der Waals surface area contributed by atoms with Crippen molar-refractivity contribution in [1.82, 2.24) is 0 Å². The van der Waals surface area contributed by atoms with Crippen LogP contribution in [0, 0.1) is 5.92 Å². The van der Waals surface area contributed by atoms with Crippen LogP contribution in [0.3, 0.4) is 0 Å². The zero-order valence-electron chi connectivity index (χ0n) is 32.6. The van der Waals surface area contributed by atoms with E-state index in [2.05, 4.69) is 142 Å². The zero-order valence-corrected chi connectivity index (χ0v) is 34.4. The standard InChI is InChI=1S/C47H54NO6P2/c1-48(2,3)33-36-23-19-20-32-41(36)50-47-45(54-56(39-28-15-7-16-29-39)40-30-17-8-18-31-40)44(43-42(51-47)34-49-46(52-43)35-21-9-4-10-22-35)53-55(37-24-11-5-12-25-37)38-26-13-6-14-27-38/h4-18,21-22,24-31,36,41-47H,19-20,23,32-34H2,1-3H3/q+1. The van der Waals surface area contributed by atoms with Gasteiger partial charge in [-0.1, -0.05) is 165 Å². The first-order chi connectivity index (χ1) is 27.4. The molecule has 0 bridgehead atoms. The fraction of sp³-hybridized carbons (Fsp3) is 0.362. The van der Waals surface area contributed by atoms with Gasteiger partial charge in [0.25, 0.3) is 0 Å². The van der Waals surface area contributed by atoms with Crippen LogP contribution in [0.2, 0.25) is 0 Å². The number of hydrogen-bond donors (Lipinski definition) is 0. The molecule has 2 aliphatic heterocycles. The van der Waals surface area contributed by atoms with E-state index in [1.165, 1.54) is 6.42 Å². The summed E-state index contributed by atoms with van der Waals surface area (Å²) in [6, 6.07) is 52.3. The number of hydrogen-bond acceptors (Lipinski definition) is 6. The second kappa shape index (κ2) is 18.5. The number of nitrogens with zero attached hydrogens (tertiary/aromatic N) is 1. The molecule has 5 aromatic carbocycles. The average Bonchev–Trinajstić information content (AvgIpc) is 3.24. The largest absolute Gasteiger partial charge is 0.346 e. The van der Waals surface area contributed by atoms with Gasteiger partial charge in [0.05, 0.1) is 56.7 Å². The van der Waals surface area contributed by atoms with Crippen molar-refractivity contribution in [3.63, 3.8) is 0 Å². The topological polar surface area (TPSA) is 55.4 Å². The fourth-order valence-corrected chi connectivity index (χ4v) is 11.9. The molecule has 56 heavy (non-hydrogen) atoms. The minimum Gasteiger partial charge on any atom is -0.346 e. The lowest BCUT2D eigenvalue weighted by Gasteiger charge is -2.51. The molecular formula is C47H54NO6P2+. The van der Waals surface area contributed by atoms with Gasteiger partial charge >= 0.3 is 0 Å². The second-order valence-corrected chi connectivity index (χ2v) is 19.6. The summed E-state index contributed by atoms with van der Waals surface area (Å²) in [5, 5.41) is 4.45. The van der Waals surface area contributed by atoms with Crippen molar-refractivity contribution in [1.29, 1.82) is 0 Å². The first-order valence-electron chi connectivity index (χ1n) is 20.0. The predicted octanol–water partition coefficient (Wildman–Crippen LogP) is 7.97. The van der Waals surface area contributed by atoms with Crippen molar-refractivity contribution in [2.75, 3.05) is 34.3 Å². The van der Waals surface area contributed by atoms with Gasteiger partial charge in [0.15, 0.2) is 12.6 Å². The van der Waals surface area contributed by atoms with Gasteiger partial charge in [0, 0.05) is 32.7 Å².